The number of hydrogen-bond acceptors (Lipinski definition) is 9. The van der Waals surface area contributed by atoms with Crippen LogP contribution in [-0.4, -0.2) is 119 Å². The van der Waals surface area contributed by atoms with Crippen LogP contribution in [-0.2, 0) is 48.2 Å². The number of aryl methyl sites for hydroxylation is 5. The van der Waals surface area contributed by atoms with Gasteiger partial charge in [0.1, 0.15) is 13.2 Å². The van der Waals surface area contributed by atoms with Gasteiger partial charge in [0.15, 0.2) is 0 Å². The fraction of sp³-hybridized carbons (Fsp3) is 0.447. The van der Waals surface area contributed by atoms with E-state index >= 15 is 9.59 Å². The lowest BCUT2D eigenvalue weighted by Crippen LogP contribution is -2.34. The number of para-hydroxylation sites is 1. The third-order valence-corrected chi connectivity index (χ3v) is 27.0. The number of aliphatic imine (C=N–C) groups is 1. The largest absolute Gasteiger partial charge is 0.433 e. The van der Waals surface area contributed by atoms with Crippen molar-refractivity contribution in [3.63, 3.8) is 0 Å². The second-order valence-electron chi connectivity index (χ2n) is 33.2. The van der Waals surface area contributed by atoms with E-state index in [2.05, 4.69) is 245 Å². The van der Waals surface area contributed by atoms with Crippen LogP contribution in [0.1, 0.15) is 223 Å². The quantitative estimate of drug-likeness (QED) is 0.0214. The minimum atomic E-state index is -0.521. The fourth-order valence-electron chi connectivity index (χ4n) is 18.9. The molecule has 3 aliphatic heterocycles. The Labute approximate surface area is 715 Å². The van der Waals surface area contributed by atoms with Crippen molar-refractivity contribution in [1.82, 2.24) is 28.0 Å². The number of rotatable bonds is 42. The zero-order valence-electron chi connectivity index (χ0n) is 73.2. The second-order valence-corrected chi connectivity index (χ2v) is 35.3. The summed E-state index contributed by atoms with van der Waals surface area (Å²) in [4.78, 5) is 44.1. The first-order chi connectivity index (χ1) is 58.2. The number of aromatic nitrogens is 4. The number of hydrogen-bond donors (Lipinski definition) is 0. The number of benzene rings is 5. The molecule has 5 aromatic carbocycles. The zero-order chi connectivity index (χ0) is 83.2. The van der Waals surface area contributed by atoms with Crippen molar-refractivity contribution < 1.29 is 28.5 Å². The van der Waals surface area contributed by atoms with E-state index in [9.17, 15) is 0 Å². The summed E-state index contributed by atoms with van der Waals surface area (Å²) in [7, 11) is 3.35. The first-order valence-electron chi connectivity index (χ1n) is 44.9. The van der Waals surface area contributed by atoms with Crippen molar-refractivity contribution in [2.24, 2.45) is 16.8 Å². The molecule has 6 aromatic heterocycles. The number of fused-ring (bicyclic) bond motifs is 13. The third-order valence-electron chi connectivity index (χ3n) is 25.0. The lowest BCUT2D eigenvalue weighted by Gasteiger charge is -2.29. The Morgan fingerprint density at radius 2 is 0.992 bits per heavy atom. The monoisotopic (exact) mass is 1630 g/mol. The zero-order valence-corrected chi connectivity index (χ0v) is 74.8. The molecule has 622 valence electrons. The summed E-state index contributed by atoms with van der Waals surface area (Å²) in [5.41, 5.74) is 22.2. The van der Waals surface area contributed by atoms with Gasteiger partial charge < -0.3 is 46.9 Å². The Kier molecular flexibility index (Phi) is 29.3. The molecule has 0 bridgehead atoms. The molecule has 14 rings (SSSR count). The number of ether oxygens (including phenoxy) is 4. The van der Waals surface area contributed by atoms with Crippen molar-refractivity contribution >= 4 is 129 Å². The molecule has 0 spiro atoms. The average Bonchev–Trinajstić information content (AvgIpc) is 1.51. The van der Waals surface area contributed by atoms with Crippen LogP contribution in [0.3, 0.4) is 0 Å². The van der Waals surface area contributed by atoms with Gasteiger partial charge in [0.25, 0.3) is 11.8 Å². The first kappa shape index (κ1) is 86.2. The minimum Gasteiger partial charge on any atom is -0.382 e. The lowest BCUT2D eigenvalue weighted by molar-refractivity contribution is -0.124. The number of carbonyl (C=O) groups is 2. The van der Waals surface area contributed by atoms with Crippen molar-refractivity contribution in [1.29, 1.82) is 0 Å². The maximum absolute atomic E-state index is 15.8. The Bertz CT molecular complexity index is 5760. The molecule has 3 aliphatic rings. The first-order valence-corrected chi connectivity index (χ1v) is 46.6. The maximum atomic E-state index is 15.8. The predicted octanol–water partition coefficient (Wildman–Crippen LogP) is 25.3. The van der Waals surface area contributed by atoms with Gasteiger partial charge in [0, 0.05) is 123 Å². The van der Waals surface area contributed by atoms with Gasteiger partial charge in [-0.1, -0.05) is 217 Å². The number of thiophene rings is 2. The van der Waals surface area contributed by atoms with Gasteiger partial charge in [0.05, 0.1) is 81.0 Å². The second kappa shape index (κ2) is 40.4. The predicted molar refractivity (Wildman–Crippen MR) is 504 cm³/mol. The maximum Gasteiger partial charge on any atom is 0.433 e. The summed E-state index contributed by atoms with van der Waals surface area (Å²) in [5, 5.41) is 9.86. The number of allylic oxidation sites excluding steroid dienone is 2. The van der Waals surface area contributed by atoms with Crippen LogP contribution >= 0.6 is 22.7 Å². The minimum absolute atomic E-state index is 0.0358. The van der Waals surface area contributed by atoms with E-state index < -0.39 is 6.85 Å². The number of methoxy groups -OCH3 is 2. The molecular weight excluding hydrogens is 1510 g/mol. The van der Waals surface area contributed by atoms with E-state index in [1.165, 1.54) is 91.1 Å². The Morgan fingerprint density at radius 1 is 0.496 bits per heavy atom. The van der Waals surface area contributed by atoms with Gasteiger partial charge in [0.2, 0.25) is 0 Å². The van der Waals surface area contributed by atoms with Crippen molar-refractivity contribution in [2.45, 2.75) is 224 Å². The summed E-state index contributed by atoms with van der Waals surface area (Å²) >= 11 is 3.36. The smallest absolute Gasteiger partial charge is 0.382 e. The highest BCUT2D eigenvalue weighted by atomic mass is 32.1. The topological polar surface area (TPSA) is 110 Å². The highest BCUT2D eigenvalue weighted by Gasteiger charge is 2.50. The summed E-state index contributed by atoms with van der Waals surface area (Å²) < 4.78 is 32.8. The Morgan fingerprint density at radius 3 is 1.50 bits per heavy atom. The van der Waals surface area contributed by atoms with Gasteiger partial charge in [-0.2, -0.15) is 0 Å². The summed E-state index contributed by atoms with van der Waals surface area (Å²) in [6, 6.07) is 44.2. The molecule has 11 aromatic rings. The lowest BCUT2D eigenvalue weighted by atomic mass is 9.63. The van der Waals surface area contributed by atoms with E-state index in [0.717, 1.165) is 210 Å². The molecule has 0 radical (unpaired) electrons. The van der Waals surface area contributed by atoms with Crippen LogP contribution in [0.2, 0.25) is 0 Å². The molecule has 2 unspecified atom stereocenters. The van der Waals surface area contributed by atoms with E-state index in [0.29, 0.717) is 56.6 Å². The molecule has 0 aliphatic carbocycles. The third kappa shape index (κ3) is 17.8. The average molecular weight is 1630 g/mol. The standard InChI is InChI=1S/C103H124BN7O6S2/c1-14-21-26-31-54-106-83-40-30-29-39-80(83)90-99(106)92-82-67-79(86-50-51-88(119-86)98-94-93(102(112)110(98)69-75(20-7)38-25-18-5)97(87-41-34-63-118-87)109(103(94)113)68-74(19-6)37-24-17-4)47-49-85(82)108(56-33-28-23-16-3)101(92)91-81-66-78(46-48-84(81)107(100(90)91)55-32-27-22-15-2)76-42-44-77(45-43-76)89(95-70(8)64-72(10)105-95)96-71(9)65-73(11)111(96)104(52-35-57-116-61-59-114-12)53-36-58-117-62-60-115-13/h29-30,34,39-51,63-67,74-75H,14-28,31-33,37-38,54-62,68-69H2,1-13H3/b95-89-. The normalized spacial score (nSPS) is 14.7. The molecule has 0 saturated heterocycles. The fourth-order valence-corrected chi connectivity index (χ4v) is 20.7. The summed E-state index contributed by atoms with van der Waals surface area (Å²) in [5.74, 6) is 14.2. The van der Waals surface area contributed by atoms with Crippen molar-refractivity contribution in [3.8, 4) is 45.0 Å². The molecule has 13 nitrogen and oxygen atoms in total. The molecule has 0 fully saturated rings. The summed E-state index contributed by atoms with van der Waals surface area (Å²) in [6.07, 6.45) is 24.3. The van der Waals surface area contributed by atoms with Crippen LogP contribution in [0.15, 0.2) is 154 Å². The summed E-state index contributed by atoms with van der Waals surface area (Å²) in [6.45, 7) is 30.2. The van der Waals surface area contributed by atoms with Crippen LogP contribution in [0, 0.1) is 49.2 Å². The molecule has 16 heteroatoms. The van der Waals surface area contributed by atoms with E-state index in [4.69, 9.17) is 23.9 Å². The Hall–Kier alpha value is -9.23. The number of carbonyl (C=O) groups excluding carboxylic acids is 2. The number of amides is 2. The number of nitrogens with zero attached hydrogens (tertiary/aromatic N) is 7. The van der Waals surface area contributed by atoms with Gasteiger partial charge in [-0.3, -0.25) is 14.6 Å². The molecule has 2 amide bonds. The van der Waals surface area contributed by atoms with Crippen molar-refractivity contribution in [3.05, 3.63) is 181 Å². The van der Waals surface area contributed by atoms with E-state index in [1.54, 1.807) is 36.9 Å². The van der Waals surface area contributed by atoms with Gasteiger partial charge in [-0.15, -0.1) is 34.3 Å². The van der Waals surface area contributed by atoms with Crippen LogP contribution in [0.5, 0.6) is 0 Å². The van der Waals surface area contributed by atoms with Gasteiger partial charge in [-0.05, 0) is 171 Å². The molecular formula is C103H124BN7O6S2. The van der Waals surface area contributed by atoms with E-state index in [-0.39, 0.29) is 30.9 Å². The van der Waals surface area contributed by atoms with Crippen LogP contribution in [0.4, 0.5) is 0 Å². The Balaban J connectivity index is 0.979. The van der Waals surface area contributed by atoms with Crippen molar-refractivity contribution in [2.75, 3.05) is 67.0 Å². The van der Waals surface area contributed by atoms with Crippen LogP contribution in [0.25, 0.3) is 104 Å². The SMILES string of the molecule is CCCCCCn1c2ccccc2c2c1c1c3cc(-c4ccc(C5=C6C(=O)N(CC(CC)CCCC)C(c7cccs7)=C6C(=O)N5CC(CC)CCCC)s4)ccc3n(CCCCCC)c1c1c3cc(-c4ccc(/C(=C5/N=C(C)C=C5C)c5c(C)cc(C)n5B(C#CCOCCOC)C#CCOCCOC)cc4)ccc3n(CCCCCC)c21. The van der Waals surface area contributed by atoms with Crippen LogP contribution < -0.4 is 0 Å². The molecule has 119 heavy (non-hydrogen) atoms. The number of unbranched alkanes of at least 4 members (excludes halogenated alkanes) is 11. The molecule has 9 heterocycles. The van der Waals surface area contributed by atoms with Gasteiger partial charge >= 0.3 is 6.85 Å². The highest BCUT2D eigenvalue weighted by molar-refractivity contribution is 7.16. The molecule has 0 N–H and O–H groups in total. The van der Waals surface area contributed by atoms with E-state index in [1.807, 2.05) is 9.80 Å². The molecule has 0 saturated carbocycles. The van der Waals surface area contributed by atoms with Gasteiger partial charge in [-0.25, -0.2) is 0 Å². The highest BCUT2D eigenvalue weighted by Crippen LogP contribution is 2.53. The molecule has 2 atom stereocenters.